The van der Waals surface area contributed by atoms with E-state index in [1.54, 1.807) is 31.2 Å². The smallest absolute Gasteiger partial charge is 0.335 e. The van der Waals surface area contributed by atoms with Crippen molar-refractivity contribution in [2.75, 3.05) is 13.1 Å². The second kappa shape index (κ2) is 7.78. The first-order valence-corrected chi connectivity index (χ1v) is 7.07. The molecule has 0 aliphatic carbocycles. The average Bonchev–Trinajstić information content (AvgIpc) is 2.38. The standard InChI is InChI=1S/C16H23NO4/c1-11(2)8-17(9-12(3)15(18)19)10-13-4-6-14(7-5-13)16(20)21/h4-7,11-12H,8-10H2,1-3H3,(H,18,19)(H,20,21). The second-order valence-corrected chi connectivity index (χ2v) is 5.83. The first-order valence-electron chi connectivity index (χ1n) is 7.07. The third kappa shape index (κ3) is 5.95. The highest BCUT2D eigenvalue weighted by Gasteiger charge is 2.17. The monoisotopic (exact) mass is 293 g/mol. The van der Waals surface area contributed by atoms with E-state index in [2.05, 4.69) is 18.7 Å². The van der Waals surface area contributed by atoms with Crippen molar-refractivity contribution in [2.24, 2.45) is 11.8 Å². The Bertz CT molecular complexity index is 482. The van der Waals surface area contributed by atoms with Gasteiger partial charge in [0.1, 0.15) is 0 Å². The van der Waals surface area contributed by atoms with Gasteiger partial charge in [0, 0.05) is 19.6 Å². The number of carboxylic acid groups (broad SMARTS) is 2. The van der Waals surface area contributed by atoms with Crippen LogP contribution in [0.1, 0.15) is 36.7 Å². The minimum Gasteiger partial charge on any atom is -0.481 e. The van der Waals surface area contributed by atoms with Crippen molar-refractivity contribution in [2.45, 2.75) is 27.3 Å². The quantitative estimate of drug-likeness (QED) is 0.770. The molecule has 5 nitrogen and oxygen atoms in total. The lowest BCUT2D eigenvalue weighted by Gasteiger charge is -2.26. The van der Waals surface area contributed by atoms with Crippen molar-refractivity contribution < 1.29 is 19.8 Å². The summed E-state index contributed by atoms with van der Waals surface area (Å²) in [7, 11) is 0. The van der Waals surface area contributed by atoms with Gasteiger partial charge >= 0.3 is 11.9 Å². The van der Waals surface area contributed by atoms with E-state index in [1.807, 2.05) is 0 Å². The zero-order chi connectivity index (χ0) is 16.0. The Labute approximate surface area is 125 Å². The molecule has 5 heteroatoms. The zero-order valence-electron chi connectivity index (χ0n) is 12.7. The number of aromatic carboxylic acids is 1. The lowest BCUT2D eigenvalue weighted by atomic mass is 10.1. The van der Waals surface area contributed by atoms with E-state index in [9.17, 15) is 9.59 Å². The molecule has 1 atom stereocenters. The van der Waals surface area contributed by atoms with E-state index in [1.165, 1.54) is 0 Å². The maximum Gasteiger partial charge on any atom is 0.335 e. The van der Waals surface area contributed by atoms with Crippen molar-refractivity contribution in [3.8, 4) is 0 Å². The van der Waals surface area contributed by atoms with Crippen molar-refractivity contribution in [3.63, 3.8) is 0 Å². The van der Waals surface area contributed by atoms with Crippen LogP contribution in [0, 0.1) is 11.8 Å². The third-order valence-electron chi connectivity index (χ3n) is 3.18. The Hall–Kier alpha value is -1.88. The number of nitrogens with zero attached hydrogens (tertiary/aromatic N) is 1. The Kier molecular flexibility index (Phi) is 6.37. The van der Waals surface area contributed by atoms with Crippen molar-refractivity contribution >= 4 is 11.9 Å². The van der Waals surface area contributed by atoms with Gasteiger partial charge in [-0.25, -0.2) is 4.79 Å². The van der Waals surface area contributed by atoms with Gasteiger partial charge in [-0.2, -0.15) is 0 Å². The lowest BCUT2D eigenvalue weighted by molar-refractivity contribution is -0.141. The first kappa shape index (κ1) is 17.2. The van der Waals surface area contributed by atoms with Gasteiger partial charge in [-0.1, -0.05) is 32.9 Å². The molecule has 0 spiro atoms. The number of aliphatic carboxylic acids is 1. The molecule has 0 amide bonds. The fourth-order valence-corrected chi connectivity index (χ4v) is 2.20. The summed E-state index contributed by atoms with van der Waals surface area (Å²) in [5.74, 6) is -1.74. The highest BCUT2D eigenvalue weighted by atomic mass is 16.4. The van der Waals surface area contributed by atoms with Crippen LogP contribution < -0.4 is 0 Å². The fraction of sp³-hybridized carbons (Fsp3) is 0.500. The van der Waals surface area contributed by atoms with Crippen LogP contribution in [0.15, 0.2) is 24.3 Å². The van der Waals surface area contributed by atoms with Crippen LogP contribution in [0.25, 0.3) is 0 Å². The SMILES string of the molecule is CC(C)CN(Cc1ccc(C(=O)O)cc1)CC(C)C(=O)O. The summed E-state index contributed by atoms with van der Waals surface area (Å²) in [4.78, 5) is 23.9. The van der Waals surface area contributed by atoms with E-state index >= 15 is 0 Å². The third-order valence-corrected chi connectivity index (χ3v) is 3.18. The van der Waals surface area contributed by atoms with E-state index in [0.717, 1.165) is 12.1 Å². The Morgan fingerprint density at radius 1 is 1.05 bits per heavy atom. The molecule has 0 bridgehead atoms. The lowest BCUT2D eigenvalue weighted by Crippen LogP contribution is -2.34. The van der Waals surface area contributed by atoms with Crippen LogP contribution in [0.3, 0.4) is 0 Å². The van der Waals surface area contributed by atoms with Gasteiger partial charge in [0.15, 0.2) is 0 Å². The van der Waals surface area contributed by atoms with Crippen LogP contribution >= 0.6 is 0 Å². The summed E-state index contributed by atoms with van der Waals surface area (Å²) in [5.41, 5.74) is 1.24. The highest BCUT2D eigenvalue weighted by molar-refractivity contribution is 5.87. The zero-order valence-corrected chi connectivity index (χ0v) is 12.7. The van der Waals surface area contributed by atoms with Crippen LogP contribution in [0.4, 0.5) is 0 Å². The molecule has 2 N–H and O–H groups in total. The van der Waals surface area contributed by atoms with Crippen molar-refractivity contribution in [3.05, 3.63) is 35.4 Å². The Morgan fingerprint density at radius 2 is 1.62 bits per heavy atom. The van der Waals surface area contributed by atoms with Crippen LogP contribution in [0.2, 0.25) is 0 Å². The highest BCUT2D eigenvalue weighted by Crippen LogP contribution is 2.12. The summed E-state index contributed by atoms with van der Waals surface area (Å²) in [6, 6.07) is 6.71. The Morgan fingerprint density at radius 3 is 2.05 bits per heavy atom. The number of carboxylic acids is 2. The van der Waals surface area contributed by atoms with Crippen LogP contribution in [0.5, 0.6) is 0 Å². The molecule has 116 valence electrons. The van der Waals surface area contributed by atoms with Gasteiger partial charge in [0.05, 0.1) is 11.5 Å². The van der Waals surface area contributed by atoms with Crippen molar-refractivity contribution in [1.29, 1.82) is 0 Å². The second-order valence-electron chi connectivity index (χ2n) is 5.83. The fourth-order valence-electron chi connectivity index (χ4n) is 2.20. The number of hydrogen-bond acceptors (Lipinski definition) is 3. The van der Waals surface area contributed by atoms with Crippen LogP contribution in [-0.2, 0) is 11.3 Å². The maximum absolute atomic E-state index is 11.0. The summed E-state index contributed by atoms with van der Waals surface area (Å²) < 4.78 is 0. The van der Waals surface area contributed by atoms with Gasteiger partial charge in [0.2, 0.25) is 0 Å². The molecule has 0 saturated heterocycles. The van der Waals surface area contributed by atoms with Crippen molar-refractivity contribution in [1.82, 2.24) is 4.90 Å². The average molecular weight is 293 g/mol. The minimum atomic E-state index is -0.944. The molecule has 0 aliphatic rings. The maximum atomic E-state index is 11.0. The molecule has 1 aromatic carbocycles. The first-order chi connectivity index (χ1) is 9.79. The van der Waals surface area contributed by atoms with Gasteiger partial charge < -0.3 is 10.2 Å². The minimum absolute atomic E-state index is 0.257. The number of hydrogen-bond donors (Lipinski definition) is 2. The van der Waals surface area contributed by atoms with Gasteiger partial charge in [-0.05, 0) is 23.6 Å². The van der Waals surface area contributed by atoms with E-state index in [-0.39, 0.29) is 5.56 Å². The number of benzene rings is 1. The largest absolute Gasteiger partial charge is 0.481 e. The molecule has 0 radical (unpaired) electrons. The molecule has 21 heavy (non-hydrogen) atoms. The molecule has 0 fully saturated rings. The summed E-state index contributed by atoms with van der Waals surface area (Å²) in [6.07, 6.45) is 0. The molecule has 0 aromatic heterocycles. The molecule has 1 unspecified atom stereocenters. The molecule has 0 aliphatic heterocycles. The number of carbonyl (C=O) groups is 2. The molecule has 0 heterocycles. The molecular weight excluding hydrogens is 270 g/mol. The van der Waals surface area contributed by atoms with Gasteiger partial charge in [0.25, 0.3) is 0 Å². The van der Waals surface area contributed by atoms with Gasteiger partial charge in [-0.3, -0.25) is 9.69 Å². The normalized spacial score (nSPS) is 12.6. The van der Waals surface area contributed by atoms with E-state index in [4.69, 9.17) is 10.2 Å². The molecular formula is C16H23NO4. The topological polar surface area (TPSA) is 77.8 Å². The molecule has 0 saturated carbocycles. The van der Waals surface area contributed by atoms with Gasteiger partial charge in [-0.15, -0.1) is 0 Å². The number of rotatable bonds is 8. The van der Waals surface area contributed by atoms with E-state index in [0.29, 0.717) is 19.0 Å². The molecule has 1 aromatic rings. The predicted octanol–water partition coefficient (Wildman–Crippen LogP) is 2.56. The summed E-state index contributed by atoms with van der Waals surface area (Å²) in [5, 5.41) is 17.9. The Balaban J connectivity index is 2.75. The summed E-state index contributed by atoms with van der Waals surface area (Å²) >= 11 is 0. The predicted molar refractivity (Wildman–Crippen MR) is 80.3 cm³/mol. The van der Waals surface area contributed by atoms with E-state index < -0.39 is 17.9 Å². The van der Waals surface area contributed by atoms with Crippen LogP contribution in [-0.4, -0.2) is 40.1 Å². The molecule has 1 rings (SSSR count). The summed E-state index contributed by atoms with van der Waals surface area (Å²) in [6.45, 7) is 7.78.